The van der Waals surface area contributed by atoms with Crippen molar-refractivity contribution in [2.45, 2.75) is 0 Å². The summed E-state index contributed by atoms with van der Waals surface area (Å²) in [7, 11) is 3.25. The number of hydrogen-bond acceptors (Lipinski definition) is 5. The summed E-state index contributed by atoms with van der Waals surface area (Å²) < 4.78 is 4.25. The van der Waals surface area contributed by atoms with Crippen molar-refractivity contribution in [3.63, 3.8) is 0 Å². The van der Waals surface area contributed by atoms with Crippen LogP contribution < -0.4 is 16.8 Å². The lowest BCUT2D eigenvalue weighted by molar-refractivity contribution is -0.111. The summed E-state index contributed by atoms with van der Waals surface area (Å²) in [5.41, 5.74) is 13.0. The molecule has 0 radical (unpaired) electrons. The number of carbonyl (C=O) groups excluding carboxylic acids is 2. The normalized spacial score (nSPS) is 10.5. The van der Waals surface area contributed by atoms with Crippen LogP contribution in [0.2, 0.25) is 0 Å². The zero-order chi connectivity index (χ0) is 17.0. The van der Waals surface area contributed by atoms with E-state index in [1.165, 1.54) is 12.4 Å². The predicted molar refractivity (Wildman–Crippen MR) is 89.1 cm³/mol. The first-order valence-electron chi connectivity index (χ1n) is 6.31. The molecule has 0 aliphatic rings. The highest BCUT2D eigenvalue weighted by Crippen LogP contribution is 2.22. The number of nitrogens with two attached hydrogens (primary N) is 2. The van der Waals surface area contributed by atoms with Gasteiger partial charge < -0.3 is 21.5 Å². The topological polar surface area (TPSA) is 107 Å². The molecule has 0 saturated carbocycles. The molecule has 0 aliphatic carbocycles. The molecule has 0 atom stereocenters. The SMILES string of the molecule is C=CC(=O)Nc1cc(C(/C=C\N)=C/N)ccc1C=O.COC. The number of anilines is 1. The van der Waals surface area contributed by atoms with Crippen LogP contribution in [0.25, 0.3) is 5.57 Å². The first-order valence-corrected chi connectivity index (χ1v) is 6.31. The van der Waals surface area contributed by atoms with Crippen molar-refractivity contribution in [2.75, 3.05) is 19.5 Å². The Kier molecular flexibility index (Phi) is 9.46. The standard InChI is InChI=1S/C14H15N3O2.C2H6O/c1-2-14(19)17-13-7-10(3-4-12(13)9-18)11(8-16)5-6-15;1-3-2/h2-9H,1,15-16H2,(H,17,19);1-2H3/b6-5-,11-8+;. The number of methoxy groups -OCH3 is 1. The first-order chi connectivity index (χ1) is 10.6. The maximum absolute atomic E-state index is 11.3. The molecule has 0 unspecified atom stereocenters. The van der Waals surface area contributed by atoms with Gasteiger partial charge in [-0.25, -0.2) is 0 Å². The van der Waals surface area contributed by atoms with Crippen molar-refractivity contribution in [3.8, 4) is 0 Å². The Morgan fingerprint density at radius 2 is 1.95 bits per heavy atom. The number of amides is 1. The maximum Gasteiger partial charge on any atom is 0.247 e. The lowest BCUT2D eigenvalue weighted by Gasteiger charge is -2.09. The summed E-state index contributed by atoms with van der Waals surface area (Å²) >= 11 is 0. The number of aldehydes is 1. The second kappa shape index (κ2) is 10.9. The third-order valence-electron chi connectivity index (χ3n) is 2.41. The molecular weight excluding hydrogens is 282 g/mol. The van der Waals surface area contributed by atoms with Gasteiger partial charge in [0.2, 0.25) is 5.91 Å². The molecule has 1 aromatic carbocycles. The second-order valence-corrected chi connectivity index (χ2v) is 4.00. The molecule has 6 nitrogen and oxygen atoms in total. The van der Waals surface area contributed by atoms with Crippen LogP contribution in [-0.4, -0.2) is 26.4 Å². The number of nitrogens with one attached hydrogen (secondary N) is 1. The van der Waals surface area contributed by atoms with Gasteiger partial charge >= 0.3 is 0 Å². The number of hydrogen-bond donors (Lipinski definition) is 3. The lowest BCUT2D eigenvalue weighted by Crippen LogP contribution is -2.09. The molecule has 1 amide bonds. The average Bonchev–Trinajstić information content (AvgIpc) is 2.53. The third-order valence-corrected chi connectivity index (χ3v) is 2.41. The van der Waals surface area contributed by atoms with Gasteiger partial charge in [-0.15, -0.1) is 0 Å². The van der Waals surface area contributed by atoms with Crippen LogP contribution in [0.3, 0.4) is 0 Å². The van der Waals surface area contributed by atoms with Gasteiger partial charge in [-0.05, 0) is 41.6 Å². The Balaban J connectivity index is 0.00000135. The van der Waals surface area contributed by atoms with E-state index >= 15 is 0 Å². The largest absolute Gasteiger partial charge is 0.405 e. The highest BCUT2D eigenvalue weighted by Gasteiger charge is 2.07. The van der Waals surface area contributed by atoms with Crippen molar-refractivity contribution >= 4 is 23.5 Å². The van der Waals surface area contributed by atoms with E-state index in [2.05, 4.69) is 16.6 Å². The fourth-order valence-electron chi connectivity index (χ4n) is 1.48. The van der Waals surface area contributed by atoms with Gasteiger partial charge in [0.1, 0.15) is 0 Å². The van der Waals surface area contributed by atoms with Crippen molar-refractivity contribution < 1.29 is 14.3 Å². The molecule has 0 fully saturated rings. The fraction of sp³-hybridized carbons (Fsp3) is 0.125. The summed E-state index contributed by atoms with van der Waals surface area (Å²) in [5.74, 6) is -0.395. The molecular formula is C16H21N3O3. The van der Waals surface area contributed by atoms with E-state index in [4.69, 9.17) is 11.5 Å². The molecule has 0 bridgehead atoms. The van der Waals surface area contributed by atoms with Gasteiger partial charge in [0.05, 0.1) is 5.69 Å². The van der Waals surface area contributed by atoms with Crippen LogP contribution in [0.4, 0.5) is 5.69 Å². The molecule has 1 aromatic rings. The first kappa shape index (κ1) is 19.1. The molecule has 0 saturated heterocycles. The Hall–Kier alpha value is -2.86. The van der Waals surface area contributed by atoms with Crippen LogP contribution in [-0.2, 0) is 9.53 Å². The van der Waals surface area contributed by atoms with E-state index < -0.39 is 5.91 Å². The van der Waals surface area contributed by atoms with Gasteiger partial charge in [0, 0.05) is 26.0 Å². The molecule has 118 valence electrons. The zero-order valence-electron chi connectivity index (χ0n) is 12.7. The molecule has 5 N–H and O–H groups in total. The summed E-state index contributed by atoms with van der Waals surface area (Å²) in [6, 6.07) is 4.95. The molecule has 0 aromatic heterocycles. The van der Waals surface area contributed by atoms with E-state index in [9.17, 15) is 9.59 Å². The van der Waals surface area contributed by atoms with E-state index in [1.807, 2.05) is 0 Å². The zero-order valence-corrected chi connectivity index (χ0v) is 12.7. The molecule has 0 heterocycles. The van der Waals surface area contributed by atoms with Crippen molar-refractivity contribution in [1.82, 2.24) is 0 Å². The average molecular weight is 303 g/mol. The van der Waals surface area contributed by atoms with Crippen LogP contribution in [0.5, 0.6) is 0 Å². The monoisotopic (exact) mass is 303 g/mol. The lowest BCUT2D eigenvalue weighted by atomic mass is 10.0. The van der Waals surface area contributed by atoms with Crippen LogP contribution in [0.1, 0.15) is 15.9 Å². The summed E-state index contributed by atoms with van der Waals surface area (Å²) in [6.07, 6.45) is 6.15. The Morgan fingerprint density at radius 3 is 2.41 bits per heavy atom. The number of rotatable bonds is 5. The van der Waals surface area contributed by atoms with Gasteiger partial charge in [0.25, 0.3) is 0 Å². The summed E-state index contributed by atoms with van der Waals surface area (Å²) in [4.78, 5) is 22.2. The van der Waals surface area contributed by atoms with Gasteiger partial charge in [0.15, 0.2) is 6.29 Å². The van der Waals surface area contributed by atoms with E-state index in [0.29, 0.717) is 23.1 Å². The molecule has 22 heavy (non-hydrogen) atoms. The van der Waals surface area contributed by atoms with Crippen molar-refractivity contribution in [2.24, 2.45) is 11.5 Å². The second-order valence-electron chi connectivity index (χ2n) is 4.00. The highest BCUT2D eigenvalue weighted by molar-refractivity contribution is 6.02. The van der Waals surface area contributed by atoms with Crippen LogP contribution in [0, 0.1) is 0 Å². The minimum atomic E-state index is -0.395. The number of carbonyl (C=O) groups is 2. The van der Waals surface area contributed by atoms with Gasteiger partial charge in [-0.3, -0.25) is 9.59 Å². The van der Waals surface area contributed by atoms with Crippen molar-refractivity contribution in [1.29, 1.82) is 0 Å². The van der Waals surface area contributed by atoms with Crippen LogP contribution in [0.15, 0.2) is 49.3 Å². The van der Waals surface area contributed by atoms with E-state index in [0.717, 1.165) is 11.6 Å². The quantitative estimate of drug-likeness (QED) is 0.435. The molecule has 6 heteroatoms. The Bertz CT molecular complexity index is 578. The van der Waals surface area contributed by atoms with Gasteiger partial charge in [-0.2, -0.15) is 0 Å². The summed E-state index contributed by atoms with van der Waals surface area (Å²) in [5, 5.41) is 2.56. The molecule has 0 aliphatic heterocycles. The van der Waals surface area contributed by atoms with Crippen LogP contribution >= 0.6 is 0 Å². The minimum Gasteiger partial charge on any atom is -0.405 e. The van der Waals surface area contributed by atoms with E-state index in [-0.39, 0.29) is 0 Å². The number of allylic oxidation sites excluding steroid dienone is 2. The fourth-order valence-corrected chi connectivity index (χ4v) is 1.48. The maximum atomic E-state index is 11.3. The smallest absolute Gasteiger partial charge is 0.247 e. The highest BCUT2D eigenvalue weighted by atomic mass is 16.4. The summed E-state index contributed by atoms with van der Waals surface area (Å²) in [6.45, 7) is 3.36. The minimum absolute atomic E-state index is 0.368. The Labute approximate surface area is 130 Å². The predicted octanol–water partition coefficient (Wildman–Crippen LogP) is 1.66. The number of ether oxygens (including phenoxy) is 1. The van der Waals surface area contributed by atoms with Crippen molar-refractivity contribution in [3.05, 3.63) is 60.5 Å². The molecule has 1 rings (SSSR count). The third kappa shape index (κ3) is 6.06. The Morgan fingerprint density at radius 1 is 1.32 bits per heavy atom. The number of benzene rings is 1. The van der Waals surface area contributed by atoms with Gasteiger partial charge in [-0.1, -0.05) is 12.6 Å². The van der Waals surface area contributed by atoms with E-state index in [1.54, 1.807) is 38.5 Å². The molecule has 0 spiro atoms.